The number of hydrogen-bond donors (Lipinski definition) is 1. The summed E-state index contributed by atoms with van der Waals surface area (Å²) >= 11 is 0. The highest BCUT2D eigenvalue weighted by Crippen LogP contribution is 1.96. The molecule has 74 valence electrons. The standard InChI is InChI=1S/C6H9N.C5H11N/c1-7-5-3-2-4-6-7;1-2-4-6-5-3-1/h2-5H,6H2,1H3;6H,1-5H2. The zero-order valence-corrected chi connectivity index (χ0v) is 8.50. The zero-order chi connectivity index (χ0) is 9.36. The molecule has 0 aliphatic carbocycles. The van der Waals surface area contributed by atoms with Gasteiger partial charge in [-0.1, -0.05) is 18.6 Å². The third-order valence-electron chi connectivity index (χ3n) is 2.19. The van der Waals surface area contributed by atoms with Crippen molar-refractivity contribution < 1.29 is 0 Å². The second-order valence-electron chi connectivity index (χ2n) is 3.52. The van der Waals surface area contributed by atoms with Crippen LogP contribution in [0.5, 0.6) is 0 Å². The van der Waals surface area contributed by atoms with Gasteiger partial charge in [0.15, 0.2) is 0 Å². The Balaban J connectivity index is 0.000000132. The monoisotopic (exact) mass is 180 g/mol. The fraction of sp³-hybridized carbons (Fsp3) is 0.636. The van der Waals surface area contributed by atoms with E-state index in [4.69, 9.17) is 0 Å². The van der Waals surface area contributed by atoms with Gasteiger partial charge in [0.25, 0.3) is 0 Å². The highest BCUT2D eigenvalue weighted by molar-refractivity contribution is 5.07. The molecule has 0 unspecified atom stereocenters. The maximum atomic E-state index is 3.28. The van der Waals surface area contributed by atoms with E-state index in [0.29, 0.717) is 0 Å². The van der Waals surface area contributed by atoms with Crippen LogP contribution in [0.4, 0.5) is 0 Å². The molecule has 1 saturated heterocycles. The molecular weight excluding hydrogens is 160 g/mol. The lowest BCUT2D eigenvalue weighted by molar-refractivity contribution is 0.505. The maximum absolute atomic E-state index is 3.28. The van der Waals surface area contributed by atoms with Crippen LogP contribution in [0.1, 0.15) is 19.3 Å². The first-order valence-electron chi connectivity index (χ1n) is 5.14. The first kappa shape index (κ1) is 10.3. The molecule has 0 aromatic carbocycles. The Morgan fingerprint density at radius 2 is 1.85 bits per heavy atom. The van der Waals surface area contributed by atoms with Gasteiger partial charge in [0.05, 0.1) is 0 Å². The molecule has 1 N–H and O–H groups in total. The van der Waals surface area contributed by atoms with Gasteiger partial charge in [-0.15, -0.1) is 0 Å². The molecule has 0 radical (unpaired) electrons. The summed E-state index contributed by atoms with van der Waals surface area (Å²) in [5.41, 5.74) is 0. The van der Waals surface area contributed by atoms with Gasteiger partial charge in [0, 0.05) is 13.6 Å². The molecule has 2 heterocycles. The maximum Gasteiger partial charge on any atom is 0.0353 e. The van der Waals surface area contributed by atoms with Crippen LogP contribution >= 0.6 is 0 Å². The van der Waals surface area contributed by atoms with Gasteiger partial charge in [-0.3, -0.25) is 0 Å². The Bertz CT molecular complexity index is 157. The van der Waals surface area contributed by atoms with Gasteiger partial charge in [0.1, 0.15) is 0 Å². The van der Waals surface area contributed by atoms with Gasteiger partial charge < -0.3 is 10.2 Å². The number of rotatable bonds is 0. The van der Waals surface area contributed by atoms with E-state index in [1.54, 1.807) is 0 Å². The molecule has 2 heteroatoms. The number of likely N-dealkylation sites (N-methyl/N-ethyl adjacent to an activating group) is 1. The zero-order valence-electron chi connectivity index (χ0n) is 8.50. The molecule has 0 spiro atoms. The third-order valence-corrected chi connectivity index (χ3v) is 2.19. The molecule has 0 amide bonds. The fourth-order valence-electron chi connectivity index (χ4n) is 1.36. The van der Waals surface area contributed by atoms with Gasteiger partial charge in [-0.2, -0.15) is 0 Å². The summed E-state index contributed by atoms with van der Waals surface area (Å²) < 4.78 is 0. The highest BCUT2D eigenvalue weighted by atomic mass is 15.1. The molecule has 2 aliphatic rings. The molecule has 2 nitrogen and oxygen atoms in total. The summed E-state index contributed by atoms with van der Waals surface area (Å²) in [5.74, 6) is 0. The van der Waals surface area contributed by atoms with Crippen molar-refractivity contribution in [1.29, 1.82) is 0 Å². The third kappa shape index (κ3) is 5.47. The van der Waals surface area contributed by atoms with E-state index in [0.717, 1.165) is 6.54 Å². The van der Waals surface area contributed by atoms with Crippen molar-refractivity contribution in [3.05, 3.63) is 24.4 Å². The minimum absolute atomic E-state index is 1.05. The van der Waals surface area contributed by atoms with E-state index < -0.39 is 0 Å². The van der Waals surface area contributed by atoms with Crippen molar-refractivity contribution in [1.82, 2.24) is 10.2 Å². The molecule has 0 bridgehead atoms. The topological polar surface area (TPSA) is 15.3 Å². The van der Waals surface area contributed by atoms with E-state index in [1.807, 2.05) is 6.08 Å². The van der Waals surface area contributed by atoms with Crippen LogP contribution in [0, 0.1) is 0 Å². The lowest BCUT2D eigenvalue weighted by atomic mass is 10.2. The summed E-state index contributed by atoms with van der Waals surface area (Å²) in [7, 11) is 2.06. The van der Waals surface area contributed by atoms with Crippen LogP contribution < -0.4 is 5.32 Å². The number of piperidine rings is 1. The Morgan fingerprint density at radius 1 is 1.08 bits per heavy atom. The second-order valence-corrected chi connectivity index (χ2v) is 3.52. The summed E-state index contributed by atoms with van der Waals surface area (Å²) in [4.78, 5) is 2.12. The smallest absolute Gasteiger partial charge is 0.0353 e. The van der Waals surface area contributed by atoms with Crippen molar-refractivity contribution in [2.24, 2.45) is 0 Å². The van der Waals surface area contributed by atoms with Crippen LogP contribution in [0.2, 0.25) is 0 Å². The lowest BCUT2D eigenvalue weighted by Gasteiger charge is -2.11. The van der Waals surface area contributed by atoms with E-state index in [1.165, 1.54) is 32.4 Å². The summed E-state index contributed by atoms with van der Waals surface area (Å²) in [6.07, 6.45) is 12.5. The average Bonchev–Trinajstić information content (AvgIpc) is 2.22. The van der Waals surface area contributed by atoms with E-state index in [9.17, 15) is 0 Å². The van der Waals surface area contributed by atoms with E-state index in [2.05, 4.69) is 35.6 Å². The summed E-state index contributed by atoms with van der Waals surface area (Å²) in [6.45, 7) is 3.55. The van der Waals surface area contributed by atoms with Crippen LogP contribution in [0.15, 0.2) is 24.4 Å². The molecule has 2 rings (SSSR count). The molecule has 1 fully saturated rings. The molecule has 0 atom stereocenters. The van der Waals surface area contributed by atoms with E-state index in [-0.39, 0.29) is 0 Å². The number of nitrogens with zero attached hydrogens (tertiary/aromatic N) is 1. The predicted molar refractivity (Wildman–Crippen MR) is 57.6 cm³/mol. The molecule has 13 heavy (non-hydrogen) atoms. The van der Waals surface area contributed by atoms with Crippen molar-refractivity contribution in [3.8, 4) is 0 Å². The minimum atomic E-state index is 1.05. The Labute approximate surface area is 81.3 Å². The second kappa shape index (κ2) is 6.72. The first-order valence-corrected chi connectivity index (χ1v) is 5.14. The number of allylic oxidation sites excluding steroid dienone is 2. The van der Waals surface area contributed by atoms with Gasteiger partial charge in [-0.25, -0.2) is 0 Å². The summed E-state index contributed by atoms with van der Waals surface area (Å²) in [6, 6.07) is 0. The molecule has 0 aromatic heterocycles. The first-order chi connectivity index (χ1) is 6.39. The predicted octanol–water partition coefficient (Wildman–Crippen LogP) is 1.76. The van der Waals surface area contributed by atoms with Gasteiger partial charge >= 0.3 is 0 Å². The Morgan fingerprint density at radius 3 is 2.08 bits per heavy atom. The Kier molecular flexibility index (Phi) is 5.34. The Hall–Kier alpha value is -0.760. The average molecular weight is 180 g/mol. The van der Waals surface area contributed by atoms with Crippen LogP contribution in [0.3, 0.4) is 0 Å². The van der Waals surface area contributed by atoms with Gasteiger partial charge in [0.2, 0.25) is 0 Å². The molecule has 0 aromatic rings. The van der Waals surface area contributed by atoms with Crippen LogP contribution in [-0.2, 0) is 0 Å². The normalized spacial score (nSPS) is 20.8. The van der Waals surface area contributed by atoms with Crippen LogP contribution in [-0.4, -0.2) is 31.6 Å². The minimum Gasteiger partial charge on any atom is -0.377 e. The molecule has 0 saturated carbocycles. The lowest BCUT2D eigenvalue weighted by Crippen LogP contribution is -2.21. The highest BCUT2D eigenvalue weighted by Gasteiger charge is 1.93. The van der Waals surface area contributed by atoms with Crippen LogP contribution in [0.25, 0.3) is 0 Å². The van der Waals surface area contributed by atoms with Crippen molar-refractivity contribution in [2.45, 2.75) is 19.3 Å². The largest absolute Gasteiger partial charge is 0.377 e. The molecular formula is C11H20N2. The van der Waals surface area contributed by atoms with Crippen molar-refractivity contribution >= 4 is 0 Å². The number of hydrogen-bond acceptors (Lipinski definition) is 2. The molecule has 2 aliphatic heterocycles. The SMILES string of the molecule is C1CCNCC1.CN1C=CC=CC1. The number of nitrogens with one attached hydrogen (secondary N) is 1. The summed E-state index contributed by atoms with van der Waals surface area (Å²) in [5, 5.41) is 3.28. The quantitative estimate of drug-likeness (QED) is 0.611. The van der Waals surface area contributed by atoms with Crippen molar-refractivity contribution in [2.75, 3.05) is 26.7 Å². The van der Waals surface area contributed by atoms with Gasteiger partial charge in [-0.05, 0) is 38.2 Å². The fourth-order valence-corrected chi connectivity index (χ4v) is 1.36. The van der Waals surface area contributed by atoms with E-state index >= 15 is 0 Å². The van der Waals surface area contributed by atoms with Crippen molar-refractivity contribution in [3.63, 3.8) is 0 Å².